The zero-order valence-electron chi connectivity index (χ0n) is 23.7. The van der Waals surface area contributed by atoms with Crippen LogP contribution in [0.2, 0.25) is 5.02 Å². The molecule has 0 bridgehead atoms. The van der Waals surface area contributed by atoms with Crippen LogP contribution in [0.4, 0.5) is 20.6 Å². The SMILES string of the molecule is CCCCN(C(=O)NC1CCN(Cc2ccc(Oc3ccc(NS(C)(=O)=O)cc3)cc2)CC1)c1ccc(Cl)cc1F.Cl. The second-order valence-electron chi connectivity index (χ2n) is 10.2. The van der Waals surface area contributed by atoms with Gasteiger partial charge in [-0.05, 0) is 79.4 Å². The first-order valence-corrected chi connectivity index (χ1v) is 16.0. The number of nitrogens with one attached hydrogen (secondary N) is 2. The van der Waals surface area contributed by atoms with Crippen LogP contribution in [0.15, 0.2) is 66.7 Å². The number of hydrogen-bond donors (Lipinski definition) is 2. The van der Waals surface area contributed by atoms with Crippen molar-refractivity contribution in [1.29, 1.82) is 0 Å². The predicted octanol–water partition coefficient (Wildman–Crippen LogP) is 7.05. The van der Waals surface area contributed by atoms with E-state index in [4.69, 9.17) is 16.3 Å². The molecule has 0 atom stereocenters. The van der Waals surface area contributed by atoms with Crippen LogP contribution in [0.1, 0.15) is 38.2 Å². The van der Waals surface area contributed by atoms with E-state index in [2.05, 4.69) is 14.9 Å². The summed E-state index contributed by atoms with van der Waals surface area (Å²) in [6.07, 6.45) is 4.38. The Morgan fingerprint density at radius 1 is 1.05 bits per heavy atom. The highest BCUT2D eigenvalue weighted by Gasteiger charge is 2.25. The highest BCUT2D eigenvalue weighted by Crippen LogP contribution is 2.26. The molecule has 0 saturated carbocycles. The Morgan fingerprint density at radius 3 is 2.24 bits per heavy atom. The Balaban J connectivity index is 0.00000484. The maximum absolute atomic E-state index is 14.6. The zero-order valence-corrected chi connectivity index (χ0v) is 26.1. The first kappa shape index (κ1) is 33.5. The molecule has 2 amide bonds. The number of piperidine rings is 1. The third-order valence-electron chi connectivity index (χ3n) is 6.82. The van der Waals surface area contributed by atoms with Crippen LogP contribution in [0, 0.1) is 5.82 Å². The molecule has 4 rings (SSSR count). The van der Waals surface area contributed by atoms with E-state index in [0.29, 0.717) is 28.8 Å². The molecule has 1 aliphatic heterocycles. The lowest BCUT2D eigenvalue weighted by atomic mass is 10.0. The number of ether oxygens (including phenoxy) is 1. The topological polar surface area (TPSA) is 91.0 Å². The van der Waals surface area contributed by atoms with Gasteiger partial charge in [-0.15, -0.1) is 12.4 Å². The molecule has 0 aliphatic carbocycles. The lowest BCUT2D eigenvalue weighted by molar-refractivity contribution is 0.188. The molecule has 0 spiro atoms. The van der Waals surface area contributed by atoms with Crippen molar-refractivity contribution >= 4 is 51.4 Å². The highest BCUT2D eigenvalue weighted by atomic mass is 35.5. The molecule has 12 heteroatoms. The van der Waals surface area contributed by atoms with Crippen molar-refractivity contribution < 1.29 is 22.3 Å². The van der Waals surface area contributed by atoms with Crippen LogP contribution in [-0.2, 0) is 16.6 Å². The predicted molar refractivity (Wildman–Crippen MR) is 169 cm³/mol. The van der Waals surface area contributed by atoms with E-state index in [9.17, 15) is 17.6 Å². The lowest BCUT2D eigenvalue weighted by Gasteiger charge is -2.34. The average molecular weight is 640 g/mol. The van der Waals surface area contributed by atoms with E-state index in [-0.39, 0.29) is 30.2 Å². The van der Waals surface area contributed by atoms with E-state index >= 15 is 0 Å². The number of unbranched alkanes of at least 4 members (excludes halogenated alkanes) is 1. The van der Waals surface area contributed by atoms with Gasteiger partial charge in [-0.3, -0.25) is 14.5 Å². The second-order valence-corrected chi connectivity index (χ2v) is 12.4. The van der Waals surface area contributed by atoms with Crippen LogP contribution in [0.5, 0.6) is 11.5 Å². The van der Waals surface area contributed by atoms with Gasteiger partial charge in [0.05, 0.1) is 11.9 Å². The van der Waals surface area contributed by atoms with Crippen LogP contribution in [0.25, 0.3) is 0 Å². The maximum Gasteiger partial charge on any atom is 0.322 e. The molecule has 1 aliphatic rings. The number of halogens is 3. The van der Waals surface area contributed by atoms with Gasteiger partial charge in [-0.1, -0.05) is 37.1 Å². The van der Waals surface area contributed by atoms with Crippen molar-refractivity contribution in [2.45, 2.75) is 45.2 Å². The summed E-state index contributed by atoms with van der Waals surface area (Å²) in [4.78, 5) is 16.9. The largest absolute Gasteiger partial charge is 0.457 e. The van der Waals surface area contributed by atoms with E-state index in [1.165, 1.54) is 11.0 Å². The number of rotatable bonds is 11. The van der Waals surface area contributed by atoms with Gasteiger partial charge in [-0.2, -0.15) is 0 Å². The summed E-state index contributed by atoms with van der Waals surface area (Å²) in [7, 11) is -3.33. The number of carbonyl (C=O) groups excluding carboxylic acids is 1. The van der Waals surface area contributed by atoms with Crippen LogP contribution < -0.4 is 19.7 Å². The number of likely N-dealkylation sites (tertiary alicyclic amines) is 1. The lowest BCUT2D eigenvalue weighted by Crippen LogP contribution is -2.49. The van der Waals surface area contributed by atoms with Crippen LogP contribution in [-0.4, -0.2) is 51.3 Å². The summed E-state index contributed by atoms with van der Waals surface area (Å²) < 4.78 is 45.6. The van der Waals surface area contributed by atoms with E-state index in [1.807, 2.05) is 31.2 Å². The summed E-state index contributed by atoms with van der Waals surface area (Å²) in [6.45, 7) is 4.92. The third kappa shape index (κ3) is 10.0. The minimum atomic E-state index is -3.33. The van der Waals surface area contributed by atoms with Gasteiger partial charge in [-0.25, -0.2) is 17.6 Å². The first-order chi connectivity index (χ1) is 19.6. The van der Waals surface area contributed by atoms with Crippen molar-refractivity contribution in [1.82, 2.24) is 10.2 Å². The van der Waals surface area contributed by atoms with Gasteiger partial charge >= 0.3 is 6.03 Å². The highest BCUT2D eigenvalue weighted by molar-refractivity contribution is 7.92. The standard InChI is InChI=1S/C30H36ClFN4O4S.ClH/c1-3-4-17-36(29-14-7-23(31)20-28(29)32)30(37)33-24-15-18-35(19-16-24)21-22-5-10-26(11-6-22)40-27-12-8-25(9-13-27)34-41(2,38)39;/h5-14,20,24,34H,3-4,15-19,21H2,1-2H3,(H,33,37);1H. The molecule has 0 radical (unpaired) electrons. The number of anilines is 2. The van der Waals surface area contributed by atoms with Gasteiger partial charge in [0.25, 0.3) is 0 Å². The fourth-order valence-corrected chi connectivity index (χ4v) is 5.42. The summed E-state index contributed by atoms with van der Waals surface area (Å²) in [5.74, 6) is 0.784. The van der Waals surface area contributed by atoms with E-state index in [0.717, 1.165) is 57.1 Å². The van der Waals surface area contributed by atoms with Crippen LogP contribution in [0.3, 0.4) is 0 Å². The molecular weight excluding hydrogens is 602 g/mol. The van der Waals surface area contributed by atoms with Crippen molar-refractivity contribution in [3.63, 3.8) is 0 Å². The number of sulfonamides is 1. The monoisotopic (exact) mass is 638 g/mol. The minimum absolute atomic E-state index is 0. The quantitative estimate of drug-likeness (QED) is 0.235. The maximum atomic E-state index is 14.6. The fourth-order valence-electron chi connectivity index (χ4n) is 4.70. The molecule has 0 unspecified atom stereocenters. The first-order valence-electron chi connectivity index (χ1n) is 13.7. The molecule has 3 aromatic rings. The summed E-state index contributed by atoms with van der Waals surface area (Å²) in [5.41, 5.74) is 1.87. The summed E-state index contributed by atoms with van der Waals surface area (Å²) in [6, 6.07) is 18.7. The number of benzene rings is 3. The Labute approximate surface area is 258 Å². The van der Waals surface area contributed by atoms with Gasteiger partial charge in [0.15, 0.2) is 0 Å². The van der Waals surface area contributed by atoms with E-state index in [1.54, 1.807) is 36.4 Å². The summed E-state index contributed by atoms with van der Waals surface area (Å²) in [5, 5.41) is 3.41. The normalized spacial score (nSPS) is 14.1. The summed E-state index contributed by atoms with van der Waals surface area (Å²) >= 11 is 5.91. The van der Waals surface area contributed by atoms with Crippen molar-refractivity contribution in [3.8, 4) is 11.5 Å². The van der Waals surface area contributed by atoms with E-state index < -0.39 is 15.8 Å². The number of hydrogen-bond acceptors (Lipinski definition) is 5. The Morgan fingerprint density at radius 2 is 1.67 bits per heavy atom. The number of carbonyl (C=O) groups is 1. The van der Waals surface area contributed by atoms with Gasteiger partial charge in [0.2, 0.25) is 10.0 Å². The molecular formula is C30H37Cl2FN4O4S. The molecule has 228 valence electrons. The fraction of sp³-hybridized carbons (Fsp3) is 0.367. The Kier molecular flexibility index (Phi) is 12.3. The minimum Gasteiger partial charge on any atom is -0.457 e. The molecule has 3 aromatic carbocycles. The van der Waals surface area contributed by atoms with Gasteiger partial charge in [0.1, 0.15) is 17.3 Å². The van der Waals surface area contributed by atoms with Crippen molar-refractivity contribution in [2.75, 3.05) is 35.5 Å². The average Bonchev–Trinajstić information content (AvgIpc) is 2.92. The molecule has 1 fully saturated rings. The van der Waals surface area contributed by atoms with Gasteiger partial charge < -0.3 is 10.1 Å². The van der Waals surface area contributed by atoms with Crippen LogP contribution >= 0.6 is 24.0 Å². The molecule has 1 heterocycles. The number of nitrogens with zero attached hydrogens (tertiary/aromatic N) is 2. The Bertz CT molecular complexity index is 1420. The molecule has 0 aromatic heterocycles. The zero-order chi connectivity index (χ0) is 29.4. The van der Waals surface area contributed by atoms with Crippen molar-refractivity contribution in [3.05, 3.63) is 83.1 Å². The smallest absolute Gasteiger partial charge is 0.322 e. The molecule has 8 nitrogen and oxygen atoms in total. The molecule has 42 heavy (non-hydrogen) atoms. The number of amides is 2. The molecule has 2 N–H and O–H groups in total. The molecule has 1 saturated heterocycles. The Hall–Kier alpha value is -3.05. The second kappa shape index (κ2) is 15.4. The third-order valence-corrected chi connectivity index (χ3v) is 7.66. The number of urea groups is 1. The van der Waals surface area contributed by atoms with Crippen molar-refractivity contribution in [2.24, 2.45) is 0 Å². The van der Waals surface area contributed by atoms with Gasteiger partial charge in [0, 0.05) is 42.9 Å².